The summed E-state index contributed by atoms with van der Waals surface area (Å²) >= 11 is 0. The maximum absolute atomic E-state index is 13.6. The molecule has 0 aromatic heterocycles. The second kappa shape index (κ2) is 10.3. The molecule has 2 aliphatic heterocycles. The van der Waals surface area contributed by atoms with E-state index in [9.17, 15) is 14.7 Å². The van der Waals surface area contributed by atoms with E-state index < -0.39 is 0 Å². The number of para-hydroxylation sites is 1. The lowest BCUT2D eigenvalue weighted by Gasteiger charge is -2.31. The number of nitrogens with zero attached hydrogens (tertiary/aromatic N) is 1. The number of ether oxygens (including phenoxy) is 1. The minimum absolute atomic E-state index is 0.0113. The quantitative estimate of drug-likeness (QED) is 0.385. The Kier molecular flexibility index (Phi) is 7.15. The van der Waals surface area contributed by atoms with Crippen LogP contribution in [0.2, 0.25) is 0 Å². The summed E-state index contributed by atoms with van der Waals surface area (Å²) in [6, 6.07) is 7.57. The molecule has 4 aliphatic rings. The Hall–Kier alpha value is -2.40. The van der Waals surface area contributed by atoms with Crippen LogP contribution in [0.3, 0.4) is 0 Å². The summed E-state index contributed by atoms with van der Waals surface area (Å²) in [7, 11) is 0. The normalized spacial score (nSPS) is 29.7. The summed E-state index contributed by atoms with van der Waals surface area (Å²) in [5.41, 5.74) is 4.71. The molecule has 4 atom stereocenters. The van der Waals surface area contributed by atoms with Crippen LogP contribution in [0.5, 0.6) is 5.75 Å². The highest BCUT2D eigenvalue weighted by atomic mass is 16.5. The summed E-state index contributed by atoms with van der Waals surface area (Å²) in [4.78, 5) is 28.6. The van der Waals surface area contributed by atoms with E-state index in [0.29, 0.717) is 18.8 Å². The SMILES string of the molecule is CCC/C(=C\c1ccccc1O)CC[C@H]1OC[C@H]2C1=C(C)C[C@H]1C(=O)N(C3CCCCC3)C(=O)[C@H]12. The molecule has 2 amide bonds. The summed E-state index contributed by atoms with van der Waals surface area (Å²) in [6.45, 7) is 4.86. The molecule has 0 unspecified atom stereocenters. The van der Waals surface area contributed by atoms with Crippen LogP contribution in [-0.4, -0.2) is 40.6 Å². The summed E-state index contributed by atoms with van der Waals surface area (Å²) in [5.74, 6) is 0.0571. The number of hydrogen-bond donors (Lipinski definition) is 1. The van der Waals surface area contributed by atoms with E-state index in [2.05, 4.69) is 19.9 Å². The van der Waals surface area contributed by atoms with E-state index in [4.69, 9.17) is 4.74 Å². The first-order chi connectivity index (χ1) is 17.0. The molecule has 2 saturated heterocycles. The molecule has 2 heterocycles. The summed E-state index contributed by atoms with van der Waals surface area (Å²) in [6.07, 6.45) is 12.0. The average molecular weight is 478 g/mol. The lowest BCUT2D eigenvalue weighted by Crippen LogP contribution is -2.42. The molecule has 1 N–H and O–H groups in total. The van der Waals surface area contributed by atoms with Gasteiger partial charge in [-0.15, -0.1) is 0 Å². The van der Waals surface area contributed by atoms with Crippen molar-refractivity contribution in [2.75, 3.05) is 6.61 Å². The monoisotopic (exact) mass is 477 g/mol. The van der Waals surface area contributed by atoms with Crippen molar-refractivity contribution in [2.45, 2.75) is 90.2 Å². The number of imide groups is 1. The van der Waals surface area contributed by atoms with Gasteiger partial charge in [0.2, 0.25) is 11.8 Å². The zero-order valence-electron chi connectivity index (χ0n) is 21.2. The number of likely N-dealkylation sites (tertiary alicyclic amines) is 1. The van der Waals surface area contributed by atoms with Crippen molar-refractivity contribution in [1.82, 2.24) is 4.90 Å². The van der Waals surface area contributed by atoms with E-state index in [1.54, 1.807) is 11.0 Å². The predicted molar refractivity (Wildman–Crippen MR) is 136 cm³/mol. The smallest absolute Gasteiger partial charge is 0.234 e. The van der Waals surface area contributed by atoms with Gasteiger partial charge in [0.25, 0.3) is 0 Å². The molecule has 1 saturated carbocycles. The highest BCUT2D eigenvalue weighted by Crippen LogP contribution is 2.50. The van der Waals surface area contributed by atoms with Crippen LogP contribution in [0.15, 0.2) is 41.0 Å². The number of amides is 2. The van der Waals surface area contributed by atoms with Crippen molar-refractivity contribution < 1.29 is 19.4 Å². The van der Waals surface area contributed by atoms with Crippen LogP contribution >= 0.6 is 0 Å². The van der Waals surface area contributed by atoms with Gasteiger partial charge in [0.1, 0.15) is 5.75 Å². The first-order valence-corrected chi connectivity index (χ1v) is 13.6. The van der Waals surface area contributed by atoms with E-state index in [0.717, 1.165) is 56.9 Å². The predicted octanol–water partition coefficient (Wildman–Crippen LogP) is 6.03. The molecule has 5 nitrogen and oxygen atoms in total. The van der Waals surface area contributed by atoms with Crippen LogP contribution < -0.4 is 0 Å². The molecule has 1 aromatic rings. The third-order valence-corrected chi connectivity index (χ3v) is 8.72. The van der Waals surface area contributed by atoms with Crippen LogP contribution in [0.25, 0.3) is 6.08 Å². The molecular formula is C30H39NO4. The van der Waals surface area contributed by atoms with E-state index >= 15 is 0 Å². The van der Waals surface area contributed by atoms with Gasteiger partial charge in [0.15, 0.2) is 0 Å². The number of rotatable bonds is 7. The third-order valence-electron chi connectivity index (χ3n) is 8.72. The lowest BCUT2D eigenvalue weighted by molar-refractivity contribution is -0.143. The Balaban J connectivity index is 1.31. The second-order valence-electron chi connectivity index (χ2n) is 11.0. The zero-order chi connectivity index (χ0) is 24.5. The first-order valence-electron chi connectivity index (χ1n) is 13.6. The topological polar surface area (TPSA) is 66.8 Å². The molecule has 5 rings (SSSR count). The van der Waals surface area contributed by atoms with Gasteiger partial charge in [0.05, 0.1) is 24.5 Å². The number of allylic oxidation sites excluding steroid dienone is 2. The van der Waals surface area contributed by atoms with Crippen molar-refractivity contribution in [1.29, 1.82) is 0 Å². The van der Waals surface area contributed by atoms with Crippen LogP contribution in [0.4, 0.5) is 0 Å². The molecule has 1 aromatic carbocycles. The summed E-state index contributed by atoms with van der Waals surface area (Å²) < 4.78 is 6.33. The van der Waals surface area contributed by atoms with Gasteiger partial charge >= 0.3 is 0 Å². The van der Waals surface area contributed by atoms with Crippen molar-refractivity contribution in [3.05, 3.63) is 46.5 Å². The van der Waals surface area contributed by atoms with Gasteiger partial charge in [-0.2, -0.15) is 0 Å². The van der Waals surface area contributed by atoms with Crippen LogP contribution in [0, 0.1) is 17.8 Å². The van der Waals surface area contributed by atoms with Crippen LogP contribution in [0.1, 0.15) is 83.6 Å². The number of phenolic OH excluding ortho intramolecular Hbond substituents is 1. The van der Waals surface area contributed by atoms with E-state index in [1.807, 2.05) is 18.2 Å². The largest absolute Gasteiger partial charge is 0.507 e. The van der Waals surface area contributed by atoms with E-state index in [-0.39, 0.29) is 41.7 Å². The fraction of sp³-hybridized carbons (Fsp3) is 0.600. The van der Waals surface area contributed by atoms with E-state index in [1.165, 1.54) is 23.1 Å². The van der Waals surface area contributed by atoms with Gasteiger partial charge < -0.3 is 9.84 Å². The number of aromatic hydroxyl groups is 1. The van der Waals surface area contributed by atoms with Crippen LogP contribution in [-0.2, 0) is 14.3 Å². The number of benzene rings is 1. The Morgan fingerprint density at radius 3 is 2.60 bits per heavy atom. The molecule has 188 valence electrons. The first kappa shape index (κ1) is 24.3. The maximum Gasteiger partial charge on any atom is 0.234 e. The second-order valence-corrected chi connectivity index (χ2v) is 11.0. The number of carbonyl (C=O) groups is 2. The Morgan fingerprint density at radius 1 is 1.09 bits per heavy atom. The van der Waals surface area contributed by atoms with Crippen molar-refractivity contribution in [2.24, 2.45) is 17.8 Å². The lowest BCUT2D eigenvalue weighted by atomic mass is 9.70. The highest BCUT2D eigenvalue weighted by Gasteiger charge is 2.57. The fourth-order valence-corrected chi connectivity index (χ4v) is 7.09. The van der Waals surface area contributed by atoms with Gasteiger partial charge in [0, 0.05) is 17.5 Å². The third kappa shape index (κ3) is 4.60. The number of carbonyl (C=O) groups excluding carboxylic acids is 2. The Morgan fingerprint density at radius 2 is 1.86 bits per heavy atom. The number of hydrogen-bond acceptors (Lipinski definition) is 4. The Labute approximate surface area is 209 Å². The van der Waals surface area contributed by atoms with Gasteiger partial charge in [-0.1, -0.05) is 68.0 Å². The molecule has 5 heteroatoms. The molecule has 35 heavy (non-hydrogen) atoms. The van der Waals surface area contributed by atoms with Crippen molar-refractivity contribution in [3.8, 4) is 5.75 Å². The highest BCUT2D eigenvalue weighted by molar-refractivity contribution is 6.06. The molecule has 2 aliphatic carbocycles. The molecule has 3 fully saturated rings. The Bertz CT molecular complexity index is 1030. The van der Waals surface area contributed by atoms with Crippen molar-refractivity contribution in [3.63, 3.8) is 0 Å². The van der Waals surface area contributed by atoms with Crippen molar-refractivity contribution >= 4 is 17.9 Å². The minimum atomic E-state index is -0.236. The average Bonchev–Trinajstić information content (AvgIpc) is 3.39. The molecule has 0 radical (unpaired) electrons. The molecular weight excluding hydrogens is 438 g/mol. The van der Waals surface area contributed by atoms with Gasteiger partial charge in [-0.05, 0) is 57.1 Å². The zero-order valence-corrected chi connectivity index (χ0v) is 21.2. The molecule has 0 spiro atoms. The van der Waals surface area contributed by atoms with Gasteiger partial charge in [-0.3, -0.25) is 14.5 Å². The maximum atomic E-state index is 13.6. The number of fused-ring (bicyclic) bond motifs is 3. The standard InChI is InChI=1S/C30H39NO4/c1-3-9-20(17-21-10-7-8-13-25(21)32)14-15-26-27-19(2)16-23-28(24(27)18-35-26)30(34)31(29(23)33)22-11-5-4-6-12-22/h7-8,10,13,17,22-24,26,28,32H,3-6,9,11-12,14-16,18H2,1-2H3/b20-17+/t23-,24+,26-,28-/m1/s1. The molecule has 0 bridgehead atoms. The minimum Gasteiger partial charge on any atom is -0.507 e. The fourth-order valence-electron chi connectivity index (χ4n) is 7.09. The van der Waals surface area contributed by atoms with Gasteiger partial charge in [-0.25, -0.2) is 0 Å². The number of phenols is 1. The summed E-state index contributed by atoms with van der Waals surface area (Å²) in [5, 5.41) is 10.2.